The van der Waals surface area contributed by atoms with E-state index in [0.717, 1.165) is 23.5 Å². The summed E-state index contributed by atoms with van der Waals surface area (Å²) < 4.78 is 1.91. The van der Waals surface area contributed by atoms with E-state index in [1.165, 1.54) is 0 Å². The lowest BCUT2D eigenvalue weighted by Gasteiger charge is -2.08. The lowest BCUT2D eigenvalue weighted by Crippen LogP contribution is -2.04. The first-order valence-corrected chi connectivity index (χ1v) is 5.30. The highest BCUT2D eigenvalue weighted by molar-refractivity contribution is 5.39. The van der Waals surface area contributed by atoms with Crippen LogP contribution in [0.4, 0.5) is 0 Å². The van der Waals surface area contributed by atoms with Crippen molar-refractivity contribution in [3.63, 3.8) is 0 Å². The average Bonchev–Trinajstić information content (AvgIpc) is 2.71. The third kappa shape index (κ3) is 1.70. The summed E-state index contributed by atoms with van der Waals surface area (Å²) >= 11 is 0. The molecule has 0 aliphatic rings. The summed E-state index contributed by atoms with van der Waals surface area (Å²) in [6.07, 6.45) is 2.66. The topological polar surface area (TPSA) is 41.6 Å². The van der Waals surface area contributed by atoms with E-state index in [1.54, 1.807) is 6.20 Å². The second kappa shape index (κ2) is 4.19. The zero-order chi connectivity index (χ0) is 11.5. The molecule has 2 rings (SSSR count). The van der Waals surface area contributed by atoms with Gasteiger partial charge in [-0.3, -0.25) is 4.57 Å². The van der Waals surface area contributed by atoms with E-state index in [2.05, 4.69) is 18.0 Å². The molecule has 0 N–H and O–H groups in total. The van der Waals surface area contributed by atoms with Gasteiger partial charge in [-0.05, 0) is 43.2 Å². The SMILES string of the molecule is CCc1ccc(C#N)n1-c1cc(C)ccn1. The van der Waals surface area contributed by atoms with Gasteiger partial charge in [-0.1, -0.05) is 6.92 Å². The first kappa shape index (κ1) is 10.4. The largest absolute Gasteiger partial charge is 0.289 e. The Labute approximate surface area is 95.0 Å². The van der Waals surface area contributed by atoms with Crippen molar-refractivity contribution in [2.75, 3.05) is 0 Å². The Balaban J connectivity index is 2.63. The third-order valence-electron chi connectivity index (χ3n) is 2.57. The normalized spacial score (nSPS) is 10.1. The van der Waals surface area contributed by atoms with Crippen molar-refractivity contribution in [1.82, 2.24) is 9.55 Å². The van der Waals surface area contributed by atoms with E-state index in [-0.39, 0.29) is 0 Å². The maximum atomic E-state index is 9.06. The summed E-state index contributed by atoms with van der Waals surface area (Å²) in [5, 5.41) is 9.06. The van der Waals surface area contributed by atoms with Crippen LogP contribution in [0.15, 0.2) is 30.5 Å². The van der Waals surface area contributed by atoms with Crippen LogP contribution >= 0.6 is 0 Å². The minimum Gasteiger partial charge on any atom is -0.289 e. The number of aryl methyl sites for hydroxylation is 2. The van der Waals surface area contributed by atoms with Gasteiger partial charge in [-0.2, -0.15) is 5.26 Å². The van der Waals surface area contributed by atoms with Crippen LogP contribution < -0.4 is 0 Å². The number of nitrogens with zero attached hydrogens (tertiary/aromatic N) is 3. The highest BCUT2D eigenvalue weighted by atomic mass is 15.1. The summed E-state index contributed by atoms with van der Waals surface area (Å²) in [7, 11) is 0. The molecule has 80 valence electrons. The lowest BCUT2D eigenvalue weighted by molar-refractivity contribution is 0.891. The second-order valence-corrected chi connectivity index (χ2v) is 3.70. The standard InChI is InChI=1S/C13H13N3/c1-3-11-4-5-12(9-14)16(11)13-8-10(2)6-7-15-13/h4-8H,3H2,1-2H3. The molecule has 0 spiro atoms. The Kier molecular flexibility index (Phi) is 2.74. The van der Waals surface area contributed by atoms with Gasteiger partial charge >= 0.3 is 0 Å². The number of rotatable bonds is 2. The highest BCUT2D eigenvalue weighted by Gasteiger charge is 2.09. The van der Waals surface area contributed by atoms with Gasteiger partial charge < -0.3 is 0 Å². The fraction of sp³-hybridized carbons (Fsp3) is 0.231. The van der Waals surface area contributed by atoms with Gasteiger partial charge in [0.2, 0.25) is 0 Å². The van der Waals surface area contributed by atoms with Gasteiger partial charge in [-0.15, -0.1) is 0 Å². The van der Waals surface area contributed by atoms with Crippen LogP contribution in [0.1, 0.15) is 23.9 Å². The predicted octanol–water partition coefficient (Wildman–Crippen LogP) is 2.61. The molecule has 0 fully saturated rings. The molecule has 0 aliphatic carbocycles. The molecule has 0 bridgehead atoms. The molecule has 2 heterocycles. The molecule has 3 heteroatoms. The van der Waals surface area contributed by atoms with Crippen molar-refractivity contribution < 1.29 is 0 Å². The molecule has 3 nitrogen and oxygen atoms in total. The number of hydrogen-bond donors (Lipinski definition) is 0. The third-order valence-corrected chi connectivity index (χ3v) is 2.57. The number of pyridine rings is 1. The maximum Gasteiger partial charge on any atom is 0.138 e. The molecule has 0 amide bonds. The summed E-state index contributed by atoms with van der Waals surface area (Å²) in [6, 6.07) is 9.94. The molecule has 16 heavy (non-hydrogen) atoms. The Morgan fingerprint density at radius 2 is 2.19 bits per heavy atom. The smallest absolute Gasteiger partial charge is 0.138 e. The predicted molar refractivity (Wildman–Crippen MR) is 62.4 cm³/mol. The lowest BCUT2D eigenvalue weighted by atomic mass is 10.3. The van der Waals surface area contributed by atoms with Gasteiger partial charge in [0.05, 0.1) is 0 Å². The fourth-order valence-corrected chi connectivity index (χ4v) is 1.76. The second-order valence-electron chi connectivity index (χ2n) is 3.70. The Bertz CT molecular complexity index is 547. The van der Waals surface area contributed by atoms with Crippen molar-refractivity contribution in [2.45, 2.75) is 20.3 Å². The minimum absolute atomic E-state index is 0.634. The van der Waals surface area contributed by atoms with Crippen molar-refractivity contribution in [2.24, 2.45) is 0 Å². The quantitative estimate of drug-likeness (QED) is 0.766. The Morgan fingerprint density at radius 3 is 2.81 bits per heavy atom. The van der Waals surface area contributed by atoms with Crippen molar-refractivity contribution in [1.29, 1.82) is 5.26 Å². The van der Waals surface area contributed by atoms with Crippen molar-refractivity contribution >= 4 is 0 Å². The average molecular weight is 211 g/mol. The van der Waals surface area contributed by atoms with Crippen LogP contribution in [-0.2, 0) is 6.42 Å². The number of aromatic nitrogens is 2. The molecule has 0 aliphatic heterocycles. The molecule has 0 unspecified atom stereocenters. The summed E-state index contributed by atoms with van der Waals surface area (Å²) in [4.78, 5) is 4.31. The van der Waals surface area contributed by atoms with Crippen LogP contribution in [0.5, 0.6) is 0 Å². The number of nitriles is 1. The molecule has 2 aromatic rings. The van der Waals surface area contributed by atoms with E-state index in [4.69, 9.17) is 5.26 Å². The van der Waals surface area contributed by atoms with Gasteiger partial charge in [0.25, 0.3) is 0 Å². The molecular formula is C13H13N3. The monoisotopic (exact) mass is 211 g/mol. The van der Waals surface area contributed by atoms with Gasteiger partial charge in [0, 0.05) is 11.9 Å². The number of hydrogen-bond acceptors (Lipinski definition) is 2. The zero-order valence-corrected chi connectivity index (χ0v) is 9.44. The van der Waals surface area contributed by atoms with Crippen LogP contribution in [0.2, 0.25) is 0 Å². The molecule has 0 atom stereocenters. The van der Waals surface area contributed by atoms with Crippen LogP contribution in [-0.4, -0.2) is 9.55 Å². The minimum atomic E-state index is 0.634. The highest BCUT2D eigenvalue weighted by Crippen LogP contribution is 2.16. The summed E-state index contributed by atoms with van der Waals surface area (Å²) in [6.45, 7) is 4.09. The first-order valence-electron chi connectivity index (χ1n) is 5.30. The van der Waals surface area contributed by atoms with Crippen molar-refractivity contribution in [3.05, 3.63) is 47.4 Å². The summed E-state index contributed by atoms with van der Waals surface area (Å²) in [5.41, 5.74) is 2.88. The Morgan fingerprint density at radius 1 is 1.38 bits per heavy atom. The van der Waals surface area contributed by atoms with Crippen molar-refractivity contribution in [3.8, 4) is 11.9 Å². The first-order chi connectivity index (χ1) is 7.76. The maximum absolute atomic E-state index is 9.06. The van der Waals surface area contributed by atoms with Gasteiger partial charge in [0.1, 0.15) is 17.6 Å². The van der Waals surface area contributed by atoms with Gasteiger partial charge in [-0.25, -0.2) is 4.98 Å². The van der Waals surface area contributed by atoms with E-state index in [0.29, 0.717) is 5.69 Å². The summed E-state index contributed by atoms with van der Waals surface area (Å²) in [5.74, 6) is 0.818. The van der Waals surface area contributed by atoms with E-state index >= 15 is 0 Å². The fourth-order valence-electron chi connectivity index (χ4n) is 1.76. The molecule has 2 aromatic heterocycles. The van der Waals surface area contributed by atoms with Crippen LogP contribution in [0, 0.1) is 18.3 Å². The zero-order valence-electron chi connectivity index (χ0n) is 9.44. The Hall–Kier alpha value is -2.08. The van der Waals surface area contributed by atoms with Gasteiger partial charge in [0.15, 0.2) is 0 Å². The molecule has 0 saturated carbocycles. The van der Waals surface area contributed by atoms with E-state index in [1.807, 2.05) is 35.8 Å². The van der Waals surface area contributed by atoms with Crippen LogP contribution in [0.3, 0.4) is 0 Å². The van der Waals surface area contributed by atoms with E-state index in [9.17, 15) is 0 Å². The molecular weight excluding hydrogens is 198 g/mol. The molecule has 0 radical (unpaired) electrons. The van der Waals surface area contributed by atoms with Crippen LogP contribution in [0.25, 0.3) is 5.82 Å². The van der Waals surface area contributed by atoms with E-state index < -0.39 is 0 Å². The molecule has 0 saturated heterocycles. The molecule has 0 aromatic carbocycles.